The van der Waals surface area contributed by atoms with Gasteiger partial charge in [-0.15, -0.1) is 0 Å². The van der Waals surface area contributed by atoms with E-state index in [1.165, 1.54) is 25.7 Å². The van der Waals surface area contributed by atoms with Crippen LogP contribution in [0.25, 0.3) is 0 Å². The van der Waals surface area contributed by atoms with Crippen LogP contribution in [0.15, 0.2) is 18.2 Å². The Morgan fingerprint density at radius 2 is 1.41 bits per heavy atom. The molecule has 3 nitrogen and oxygen atoms in total. The fourth-order valence-electron chi connectivity index (χ4n) is 4.77. The molecule has 0 aliphatic rings. The predicted octanol–water partition coefficient (Wildman–Crippen LogP) is 9.32. The fourth-order valence-corrected chi connectivity index (χ4v) is 4.77. The van der Waals surface area contributed by atoms with Gasteiger partial charge in [0.15, 0.2) is 5.78 Å². The highest BCUT2D eigenvalue weighted by molar-refractivity contribution is 6.00. The van der Waals surface area contributed by atoms with Gasteiger partial charge < -0.3 is 4.74 Å². The van der Waals surface area contributed by atoms with Crippen molar-refractivity contribution in [2.75, 3.05) is 7.11 Å². The Kier molecular flexibility index (Phi) is 15.9. The zero-order valence-electron chi connectivity index (χ0n) is 23.1. The van der Waals surface area contributed by atoms with Gasteiger partial charge in [0.1, 0.15) is 11.5 Å². The summed E-state index contributed by atoms with van der Waals surface area (Å²) in [5.74, 6) is 1.73. The van der Waals surface area contributed by atoms with Crippen LogP contribution in [0.5, 0.6) is 5.75 Å². The number of rotatable bonds is 20. The number of hydrogen-bond acceptors (Lipinski definition) is 3. The monoisotopic (exact) mass is 472 g/mol. The number of ether oxygens (including phenoxy) is 1. The van der Waals surface area contributed by atoms with Gasteiger partial charge in [-0.25, -0.2) is 0 Å². The average Bonchev–Trinajstić information content (AvgIpc) is 2.85. The quantitative estimate of drug-likeness (QED) is 0.140. The Hall–Kier alpha value is -1.64. The lowest BCUT2D eigenvalue weighted by Gasteiger charge is -2.19. The van der Waals surface area contributed by atoms with Crippen LogP contribution in [0.2, 0.25) is 0 Å². The topological polar surface area (TPSA) is 43.4 Å². The minimum Gasteiger partial charge on any atom is -0.496 e. The third-order valence-corrected chi connectivity index (χ3v) is 7.34. The lowest BCUT2D eigenvalue weighted by Crippen LogP contribution is -2.16. The van der Waals surface area contributed by atoms with Crippen molar-refractivity contribution in [1.29, 1.82) is 0 Å². The molecule has 1 rings (SSSR count). The summed E-state index contributed by atoms with van der Waals surface area (Å²) >= 11 is 0. The summed E-state index contributed by atoms with van der Waals surface area (Å²) in [7, 11) is 1.63. The minimum atomic E-state index is 0.000509. The molecule has 1 aromatic carbocycles. The van der Waals surface area contributed by atoms with Crippen molar-refractivity contribution in [3.63, 3.8) is 0 Å². The van der Waals surface area contributed by atoms with Gasteiger partial charge in [-0.2, -0.15) is 0 Å². The van der Waals surface area contributed by atoms with Gasteiger partial charge in [-0.1, -0.05) is 98.5 Å². The smallest absolute Gasteiger partial charge is 0.169 e. The van der Waals surface area contributed by atoms with Crippen molar-refractivity contribution >= 4 is 11.6 Å². The van der Waals surface area contributed by atoms with E-state index in [4.69, 9.17) is 4.74 Å². The zero-order valence-corrected chi connectivity index (χ0v) is 23.1. The van der Waals surface area contributed by atoms with Gasteiger partial charge in [0.05, 0.1) is 12.7 Å². The largest absolute Gasteiger partial charge is 0.496 e. The molecule has 0 N–H and O–H groups in total. The van der Waals surface area contributed by atoms with E-state index in [1.54, 1.807) is 7.11 Å². The normalized spacial score (nSPS) is 13.1. The van der Waals surface area contributed by atoms with E-state index in [-0.39, 0.29) is 23.5 Å². The molecule has 34 heavy (non-hydrogen) atoms. The predicted molar refractivity (Wildman–Crippen MR) is 145 cm³/mol. The summed E-state index contributed by atoms with van der Waals surface area (Å²) in [6.07, 6.45) is 15.1. The number of Topliss-reactive ketones (excluding diaryl/α,β-unsaturated/α-hetero) is 2. The Morgan fingerprint density at radius 3 is 2.00 bits per heavy atom. The van der Waals surface area contributed by atoms with E-state index < -0.39 is 0 Å². The molecular weight excluding hydrogens is 420 g/mol. The molecular formula is C31H52O3. The van der Waals surface area contributed by atoms with Crippen LogP contribution in [-0.2, 0) is 4.79 Å². The number of hydrogen-bond donors (Lipinski definition) is 0. The molecule has 0 spiro atoms. The Labute approximate surface area is 210 Å². The molecule has 2 atom stereocenters. The van der Waals surface area contributed by atoms with Crippen LogP contribution in [0.3, 0.4) is 0 Å². The third-order valence-electron chi connectivity index (χ3n) is 7.34. The van der Waals surface area contributed by atoms with E-state index in [9.17, 15) is 9.59 Å². The van der Waals surface area contributed by atoms with Crippen LogP contribution in [0, 0.1) is 11.8 Å². The van der Waals surface area contributed by atoms with Crippen molar-refractivity contribution in [1.82, 2.24) is 0 Å². The fraction of sp³-hybridized carbons (Fsp3) is 0.742. The maximum Gasteiger partial charge on any atom is 0.169 e. The summed E-state index contributed by atoms with van der Waals surface area (Å²) in [5, 5.41) is 0. The number of benzene rings is 1. The molecule has 0 aliphatic carbocycles. The molecule has 3 heteroatoms. The van der Waals surface area contributed by atoms with Crippen LogP contribution >= 0.6 is 0 Å². The van der Waals surface area contributed by atoms with Crippen molar-refractivity contribution < 1.29 is 14.3 Å². The van der Waals surface area contributed by atoms with E-state index in [1.807, 2.05) is 19.1 Å². The maximum absolute atomic E-state index is 13.2. The van der Waals surface area contributed by atoms with Gasteiger partial charge in [0, 0.05) is 18.3 Å². The first-order chi connectivity index (χ1) is 16.4. The standard InChI is InChI=1S/C31H52O3/c1-7-10-13-14-15-16-25(5)31(33)28-23-27(20-22-30(28)34-6)24(4)19-21-29(32)26(17-11-8-2)18-12-9-3/h20,22-26H,7-19,21H2,1-6H3. The van der Waals surface area contributed by atoms with Crippen molar-refractivity contribution in [2.45, 2.75) is 130 Å². The summed E-state index contributed by atoms with van der Waals surface area (Å²) in [6, 6.07) is 6.02. The number of unbranched alkanes of at least 4 members (excludes halogenated alkanes) is 6. The number of methoxy groups -OCH3 is 1. The second-order valence-electron chi connectivity index (χ2n) is 10.3. The lowest BCUT2D eigenvalue weighted by atomic mass is 9.86. The molecule has 0 aliphatic heterocycles. The first kappa shape index (κ1) is 30.4. The first-order valence-electron chi connectivity index (χ1n) is 14.1. The zero-order chi connectivity index (χ0) is 25.3. The summed E-state index contributed by atoms with van der Waals surface area (Å²) < 4.78 is 5.54. The van der Waals surface area contributed by atoms with E-state index in [2.05, 4.69) is 33.8 Å². The Morgan fingerprint density at radius 1 is 0.794 bits per heavy atom. The first-order valence-corrected chi connectivity index (χ1v) is 14.1. The van der Waals surface area contributed by atoms with Gasteiger partial charge in [-0.3, -0.25) is 9.59 Å². The summed E-state index contributed by atoms with van der Waals surface area (Å²) in [5.41, 5.74) is 1.83. The maximum atomic E-state index is 13.2. The van der Waals surface area contributed by atoms with Crippen molar-refractivity contribution in [2.24, 2.45) is 11.8 Å². The molecule has 0 amide bonds. The molecule has 0 saturated carbocycles. The second-order valence-corrected chi connectivity index (χ2v) is 10.3. The molecule has 0 radical (unpaired) electrons. The van der Waals surface area contributed by atoms with Gasteiger partial charge >= 0.3 is 0 Å². The molecule has 194 valence electrons. The molecule has 1 aromatic rings. The molecule has 0 heterocycles. The highest BCUT2D eigenvalue weighted by atomic mass is 16.5. The summed E-state index contributed by atoms with van der Waals surface area (Å²) in [6.45, 7) is 10.8. The third kappa shape index (κ3) is 10.7. The van der Waals surface area contributed by atoms with Gasteiger partial charge in [0.2, 0.25) is 0 Å². The Bertz CT molecular complexity index is 701. The summed E-state index contributed by atoms with van der Waals surface area (Å²) in [4.78, 5) is 26.2. The van der Waals surface area contributed by atoms with Crippen molar-refractivity contribution in [3.05, 3.63) is 29.3 Å². The highest BCUT2D eigenvalue weighted by Gasteiger charge is 2.22. The molecule has 0 aromatic heterocycles. The minimum absolute atomic E-state index is 0.000509. The van der Waals surface area contributed by atoms with E-state index >= 15 is 0 Å². The number of ketones is 2. The number of carbonyl (C=O) groups excluding carboxylic acids is 2. The Balaban J connectivity index is 2.78. The molecule has 0 bridgehead atoms. The van der Waals surface area contributed by atoms with Crippen LogP contribution in [0.1, 0.15) is 146 Å². The SMILES string of the molecule is CCCCCCCC(C)C(=O)c1cc(C(C)CCC(=O)C(CCCC)CCCC)ccc1OC. The molecule has 0 saturated heterocycles. The van der Waals surface area contributed by atoms with Gasteiger partial charge in [-0.05, 0) is 49.3 Å². The van der Waals surface area contributed by atoms with Crippen LogP contribution in [0.4, 0.5) is 0 Å². The van der Waals surface area contributed by atoms with E-state index in [0.717, 1.165) is 63.4 Å². The average molecular weight is 473 g/mol. The van der Waals surface area contributed by atoms with Gasteiger partial charge in [0.25, 0.3) is 0 Å². The number of carbonyl (C=O) groups is 2. The second kappa shape index (κ2) is 17.7. The highest BCUT2D eigenvalue weighted by Crippen LogP contribution is 2.30. The molecule has 0 fully saturated rings. The van der Waals surface area contributed by atoms with Crippen LogP contribution < -0.4 is 4.74 Å². The van der Waals surface area contributed by atoms with Crippen LogP contribution in [-0.4, -0.2) is 18.7 Å². The van der Waals surface area contributed by atoms with E-state index in [0.29, 0.717) is 23.5 Å². The van der Waals surface area contributed by atoms with Crippen molar-refractivity contribution in [3.8, 4) is 5.75 Å². The molecule has 2 unspecified atom stereocenters. The lowest BCUT2D eigenvalue weighted by molar-refractivity contribution is -0.123.